The van der Waals surface area contributed by atoms with E-state index in [0.717, 1.165) is 60.0 Å². The molecule has 0 unspecified atom stereocenters. The highest BCUT2D eigenvalue weighted by molar-refractivity contribution is 6.76. The molecule has 14 heteroatoms. The maximum atomic E-state index is 12.8. The van der Waals surface area contributed by atoms with Crippen LogP contribution in [0, 0.1) is 0 Å². The van der Waals surface area contributed by atoms with Crippen LogP contribution in [0.5, 0.6) is 0 Å². The van der Waals surface area contributed by atoms with Crippen molar-refractivity contribution in [3.8, 4) is 22.3 Å². The van der Waals surface area contributed by atoms with Gasteiger partial charge in [0.15, 0.2) is 0 Å². The average Bonchev–Trinajstić information content (AvgIpc) is 3.84. The number of fused-ring (bicyclic) bond motifs is 6. The number of carbonyl (C=O) groups is 5. The lowest BCUT2D eigenvalue weighted by Gasteiger charge is -2.20. The lowest BCUT2D eigenvalue weighted by atomic mass is 9.98. The molecule has 0 radical (unpaired) electrons. The third kappa shape index (κ3) is 20.7. The van der Waals surface area contributed by atoms with Crippen LogP contribution < -0.4 is 5.32 Å². The normalized spacial score (nSPS) is 13.9. The van der Waals surface area contributed by atoms with Gasteiger partial charge in [0.2, 0.25) is 0 Å². The van der Waals surface area contributed by atoms with Crippen LogP contribution >= 0.6 is 0 Å². The number of aliphatic hydroxyl groups excluding tert-OH is 1. The van der Waals surface area contributed by atoms with E-state index >= 15 is 0 Å². The van der Waals surface area contributed by atoms with Crippen molar-refractivity contribution >= 4 is 46.1 Å². The summed E-state index contributed by atoms with van der Waals surface area (Å²) in [5, 5.41) is 12.1. The van der Waals surface area contributed by atoms with Gasteiger partial charge in [-0.15, -0.1) is 0 Å². The van der Waals surface area contributed by atoms with Gasteiger partial charge < -0.3 is 34.1 Å². The molecule has 0 aliphatic heterocycles. The van der Waals surface area contributed by atoms with E-state index < -0.39 is 52.4 Å². The highest BCUT2D eigenvalue weighted by atomic mass is 28.3. The molecule has 400 valence electrons. The molecule has 0 saturated heterocycles. The zero-order chi connectivity index (χ0) is 54.3. The molecule has 2 aliphatic carbocycles. The average molecular weight is 1050 g/mol. The number of amides is 1. The van der Waals surface area contributed by atoms with Crippen molar-refractivity contribution in [2.75, 3.05) is 26.4 Å². The van der Waals surface area contributed by atoms with E-state index in [-0.39, 0.29) is 43.2 Å². The summed E-state index contributed by atoms with van der Waals surface area (Å²) in [5.41, 5.74) is 9.51. The number of ether oxygens (including phenoxy) is 5. The number of allylic oxidation sites excluding steroid dienone is 2. The number of rotatable bonds is 23. The van der Waals surface area contributed by atoms with E-state index in [1.54, 1.807) is 12.2 Å². The second kappa shape index (κ2) is 30.3. The molecule has 4 aromatic rings. The SMILES string of the molecule is CC(=O)OCC1c2ccccc2-c2ccccc21.CCC/C=C/[C@@H](O)CC(=O)OCC[Si](C)(C)C.CCC/C=C/[C@H](CC(=O)OCC[Si](C)(C)C)OC(=O)[C@H](C)NC(=O)OCC1c2ccccc2-c2ccccc21. The number of benzene rings is 4. The molecule has 0 bridgehead atoms. The number of alkyl carbamates (subject to hydrolysis) is 1. The first-order valence-corrected chi connectivity index (χ1v) is 33.6. The van der Waals surface area contributed by atoms with E-state index in [2.05, 4.69) is 87.9 Å². The van der Waals surface area contributed by atoms with Crippen LogP contribution in [-0.4, -0.2) is 95.9 Å². The molecule has 0 saturated carbocycles. The van der Waals surface area contributed by atoms with Crippen LogP contribution in [0.2, 0.25) is 51.4 Å². The van der Waals surface area contributed by atoms with Crippen LogP contribution in [0.15, 0.2) is 121 Å². The first kappa shape index (κ1) is 60.5. The number of nitrogens with one attached hydrogen (secondary N) is 1. The summed E-state index contributed by atoms with van der Waals surface area (Å²) < 4.78 is 26.8. The lowest BCUT2D eigenvalue weighted by molar-refractivity contribution is -0.154. The molecule has 12 nitrogen and oxygen atoms in total. The third-order valence-electron chi connectivity index (χ3n) is 12.3. The van der Waals surface area contributed by atoms with Crippen molar-refractivity contribution in [2.24, 2.45) is 0 Å². The Morgan fingerprint density at radius 3 is 1.38 bits per heavy atom. The molecular formula is C60H81NO11Si2. The fraction of sp³-hybridized carbons (Fsp3) is 0.450. The molecule has 2 aliphatic rings. The van der Waals surface area contributed by atoms with Gasteiger partial charge in [-0.2, -0.15) is 0 Å². The van der Waals surface area contributed by atoms with E-state index in [9.17, 15) is 29.1 Å². The van der Waals surface area contributed by atoms with Crippen LogP contribution in [0.25, 0.3) is 22.3 Å². The van der Waals surface area contributed by atoms with Gasteiger partial charge in [-0.05, 0) is 82.4 Å². The number of hydrogen-bond acceptors (Lipinski definition) is 11. The van der Waals surface area contributed by atoms with Crippen LogP contribution in [0.3, 0.4) is 0 Å². The number of unbranched alkanes of at least 4 members (excludes halogenated alkanes) is 2. The highest BCUT2D eigenvalue weighted by Crippen LogP contribution is 2.45. The Hall–Kier alpha value is -6.10. The summed E-state index contributed by atoms with van der Waals surface area (Å²) in [6, 6.07) is 33.7. The zero-order valence-electron chi connectivity index (χ0n) is 45.4. The van der Waals surface area contributed by atoms with E-state index in [1.165, 1.54) is 36.1 Å². The molecule has 0 heterocycles. The summed E-state index contributed by atoms with van der Waals surface area (Å²) in [4.78, 5) is 60.1. The Kier molecular flexibility index (Phi) is 24.8. The smallest absolute Gasteiger partial charge is 0.407 e. The summed E-state index contributed by atoms with van der Waals surface area (Å²) in [6.45, 7) is 21.9. The van der Waals surface area contributed by atoms with Crippen molar-refractivity contribution < 1.29 is 52.8 Å². The topological polar surface area (TPSA) is 164 Å². The summed E-state index contributed by atoms with van der Waals surface area (Å²) in [6.07, 6.45) is 8.68. The minimum absolute atomic E-state index is 0.0614. The zero-order valence-corrected chi connectivity index (χ0v) is 47.4. The van der Waals surface area contributed by atoms with Gasteiger partial charge in [-0.3, -0.25) is 14.4 Å². The van der Waals surface area contributed by atoms with Gasteiger partial charge >= 0.3 is 30.0 Å². The minimum atomic E-state index is -1.33. The maximum Gasteiger partial charge on any atom is 0.407 e. The molecule has 74 heavy (non-hydrogen) atoms. The highest BCUT2D eigenvalue weighted by Gasteiger charge is 2.31. The van der Waals surface area contributed by atoms with Crippen molar-refractivity contribution in [1.82, 2.24) is 5.32 Å². The fourth-order valence-electron chi connectivity index (χ4n) is 8.21. The van der Waals surface area contributed by atoms with Gasteiger partial charge in [0.1, 0.15) is 25.4 Å². The molecular weight excluding hydrogens is 967 g/mol. The predicted octanol–water partition coefficient (Wildman–Crippen LogP) is 12.8. The maximum absolute atomic E-state index is 12.8. The van der Waals surface area contributed by atoms with Crippen LogP contribution in [-0.2, 0) is 42.9 Å². The Morgan fingerprint density at radius 1 is 0.581 bits per heavy atom. The van der Waals surface area contributed by atoms with Gasteiger partial charge in [0, 0.05) is 34.9 Å². The van der Waals surface area contributed by atoms with Crippen molar-refractivity contribution in [2.45, 2.75) is 148 Å². The Labute approximate surface area is 442 Å². The first-order chi connectivity index (χ1) is 35.2. The third-order valence-corrected chi connectivity index (χ3v) is 15.7. The second-order valence-electron chi connectivity index (χ2n) is 21.2. The monoisotopic (exact) mass is 1050 g/mol. The fourth-order valence-corrected chi connectivity index (χ4v) is 9.64. The lowest BCUT2D eigenvalue weighted by Crippen LogP contribution is -2.41. The van der Waals surface area contributed by atoms with Gasteiger partial charge in [-0.1, -0.05) is 181 Å². The summed E-state index contributed by atoms with van der Waals surface area (Å²) >= 11 is 0. The number of hydrogen-bond donors (Lipinski definition) is 2. The van der Waals surface area contributed by atoms with Gasteiger partial charge in [-0.25, -0.2) is 9.59 Å². The number of aliphatic hydroxyl groups is 1. The van der Waals surface area contributed by atoms with Gasteiger partial charge in [0.25, 0.3) is 0 Å². The molecule has 6 rings (SSSR count). The minimum Gasteiger partial charge on any atom is -0.466 e. The summed E-state index contributed by atoms with van der Waals surface area (Å²) in [7, 11) is -2.47. The quantitative estimate of drug-likeness (QED) is 0.0314. The van der Waals surface area contributed by atoms with Crippen LogP contribution in [0.4, 0.5) is 4.79 Å². The van der Waals surface area contributed by atoms with Crippen molar-refractivity contribution in [3.63, 3.8) is 0 Å². The predicted molar refractivity (Wildman–Crippen MR) is 299 cm³/mol. The molecule has 4 aromatic carbocycles. The first-order valence-electron chi connectivity index (χ1n) is 26.2. The number of carbonyl (C=O) groups excluding carboxylic acids is 5. The molecule has 2 N–H and O–H groups in total. The van der Waals surface area contributed by atoms with Gasteiger partial charge in [0.05, 0.1) is 32.2 Å². The van der Waals surface area contributed by atoms with E-state index in [1.807, 2.05) is 79.7 Å². The van der Waals surface area contributed by atoms with E-state index in [4.69, 9.17) is 23.7 Å². The summed E-state index contributed by atoms with van der Waals surface area (Å²) in [5.74, 6) is -1.51. The van der Waals surface area contributed by atoms with Crippen molar-refractivity contribution in [1.29, 1.82) is 0 Å². The largest absolute Gasteiger partial charge is 0.466 e. The molecule has 0 aromatic heterocycles. The Morgan fingerprint density at radius 2 is 0.973 bits per heavy atom. The van der Waals surface area contributed by atoms with Crippen molar-refractivity contribution in [3.05, 3.63) is 144 Å². The standard InChI is InChI=1S/C31H41NO6Si.C16H14O2.C13H26O3Si/c1-6-7-8-13-23(20-29(33)36-18-19-39(3,4)5)38-30(34)22(2)32-31(35)37-21-28-26-16-11-9-14-24(26)25-15-10-12-17-27(25)28;1-11(17)18-10-16-14-8-4-2-6-12(14)13-7-3-5-9-15(13)16;1-5-6-7-8-12(14)11-13(15)16-9-10-17(2,3)4/h8-17,22-23,28H,6-7,18-21H2,1-5H3,(H,32,35);2-9,16H,10H2,1H3;7-8,12,14H,5-6,9-11H2,1-4H3/b13-8+;;8-7+/t22-,23+;;12-/m0.1/s1. The molecule has 3 atom stereocenters. The Bertz CT molecular complexity index is 2420. The van der Waals surface area contributed by atoms with Crippen LogP contribution in [0.1, 0.15) is 100 Å². The van der Waals surface area contributed by atoms with E-state index in [0.29, 0.717) is 19.8 Å². The molecule has 1 amide bonds. The second-order valence-corrected chi connectivity index (χ2v) is 32.4. The number of esters is 4. The molecule has 0 spiro atoms. The molecule has 0 fully saturated rings. The Balaban J connectivity index is 0.000000279.